The molecule has 0 unspecified atom stereocenters. The van der Waals surface area contributed by atoms with Crippen molar-refractivity contribution in [3.8, 4) is 0 Å². The molecule has 0 amide bonds. The van der Waals surface area contributed by atoms with E-state index < -0.39 is 0 Å². The molecular weight excluding hydrogens is 298 g/mol. The van der Waals surface area contributed by atoms with E-state index in [1.54, 1.807) is 7.05 Å². The monoisotopic (exact) mass is 327 g/mol. The van der Waals surface area contributed by atoms with E-state index in [0.717, 1.165) is 30.5 Å². The zero-order valence-corrected chi connectivity index (χ0v) is 14.9. The van der Waals surface area contributed by atoms with Crippen molar-refractivity contribution in [1.82, 2.24) is 0 Å². The normalized spacial score (nSPS) is 16.4. The summed E-state index contributed by atoms with van der Waals surface area (Å²) in [4.78, 5) is 9.05. The SMILES string of the molecule is CC/C(N=CC1CC1)=C(\CCN)C(=NC)OCCc1ccccc1. The Hall–Kier alpha value is -1.94. The summed E-state index contributed by atoms with van der Waals surface area (Å²) >= 11 is 0. The Labute approximate surface area is 145 Å². The predicted molar refractivity (Wildman–Crippen MR) is 102 cm³/mol. The minimum absolute atomic E-state index is 0.568. The molecule has 2 N–H and O–H groups in total. The lowest BCUT2D eigenvalue weighted by Gasteiger charge is -2.14. The van der Waals surface area contributed by atoms with E-state index in [9.17, 15) is 0 Å². The summed E-state index contributed by atoms with van der Waals surface area (Å²) in [5, 5.41) is 0. The van der Waals surface area contributed by atoms with Gasteiger partial charge in [-0.05, 0) is 43.7 Å². The molecule has 0 bridgehead atoms. The number of ether oxygens (including phenoxy) is 1. The number of benzene rings is 1. The molecule has 0 aromatic heterocycles. The molecule has 1 aromatic rings. The fourth-order valence-corrected chi connectivity index (χ4v) is 2.54. The van der Waals surface area contributed by atoms with Crippen molar-refractivity contribution in [2.75, 3.05) is 20.2 Å². The summed E-state index contributed by atoms with van der Waals surface area (Å²) in [5.74, 6) is 1.34. The Kier molecular flexibility index (Phi) is 7.69. The molecule has 1 aromatic carbocycles. The summed E-state index contributed by atoms with van der Waals surface area (Å²) in [6.45, 7) is 3.29. The van der Waals surface area contributed by atoms with Crippen molar-refractivity contribution in [3.05, 3.63) is 47.2 Å². The van der Waals surface area contributed by atoms with Crippen molar-refractivity contribution in [2.45, 2.75) is 39.0 Å². The summed E-state index contributed by atoms with van der Waals surface area (Å²) in [6, 6.07) is 10.3. The van der Waals surface area contributed by atoms with Crippen molar-refractivity contribution in [3.63, 3.8) is 0 Å². The van der Waals surface area contributed by atoms with Crippen LogP contribution >= 0.6 is 0 Å². The maximum absolute atomic E-state index is 5.98. The highest BCUT2D eigenvalue weighted by Crippen LogP contribution is 2.27. The molecule has 0 heterocycles. The topological polar surface area (TPSA) is 60.0 Å². The van der Waals surface area contributed by atoms with Gasteiger partial charge in [0.25, 0.3) is 0 Å². The van der Waals surface area contributed by atoms with Crippen LogP contribution in [0.4, 0.5) is 0 Å². The molecule has 0 atom stereocenters. The van der Waals surface area contributed by atoms with Crippen LogP contribution in [-0.2, 0) is 11.2 Å². The van der Waals surface area contributed by atoms with Gasteiger partial charge < -0.3 is 10.5 Å². The second-order valence-electron chi connectivity index (χ2n) is 6.05. The minimum Gasteiger partial charge on any atom is -0.477 e. The third-order valence-electron chi connectivity index (χ3n) is 4.07. The summed E-state index contributed by atoms with van der Waals surface area (Å²) in [7, 11) is 1.77. The quantitative estimate of drug-likeness (QED) is 0.554. The summed E-state index contributed by atoms with van der Waals surface area (Å²) in [5.41, 5.74) is 9.17. The van der Waals surface area contributed by atoms with Gasteiger partial charge in [-0.3, -0.25) is 9.98 Å². The van der Waals surface area contributed by atoms with Crippen molar-refractivity contribution in [1.29, 1.82) is 0 Å². The summed E-state index contributed by atoms with van der Waals surface area (Å²) in [6.07, 6.45) is 7.06. The average molecular weight is 327 g/mol. The molecule has 0 radical (unpaired) electrons. The molecule has 4 heteroatoms. The third kappa shape index (κ3) is 5.93. The summed E-state index contributed by atoms with van der Waals surface area (Å²) < 4.78 is 5.98. The van der Waals surface area contributed by atoms with Crippen LogP contribution in [0, 0.1) is 5.92 Å². The van der Waals surface area contributed by atoms with Crippen molar-refractivity contribution >= 4 is 12.1 Å². The van der Waals surface area contributed by atoms with Crippen LogP contribution in [-0.4, -0.2) is 32.3 Å². The van der Waals surface area contributed by atoms with E-state index in [1.165, 1.54) is 18.4 Å². The van der Waals surface area contributed by atoms with Gasteiger partial charge in [-0.2, -0.15) is 0 Å². The third-order valence-corrected chi connectivity index (χ3v) is 4.07. The molecule has 1 saturated carbocycles. The van der Waals surface area contributed by atoms with E-state index in [-0.39, 0.29) is 0 Å². The highest BCUT2D eigenvalue weighted by Gasteiger charge is 2.19. The Morgan fingerprint density at radius 3 is 2.62 bits per heavy atom. The van der Waals surface area contributed by atoms with Crippen LogP contribution in [0.3, 0.4) is 0 Å². The number of aliphatic imine (C=N–C) groups is 2. The van der Waals surface area contributed by atoms with Gasteiger partial charge in [0.15, 0.2) is 0 Å². The molecule has 0 aliphatic heterocycles. The van der Waals surface area contributed by atoms with Gasteiger partial charge in [-0.15, -0.1) is 0 Å². The largest absolute Gasteiger partial charge is 0.477 e. The van der Waals surface area contributed by atoms with Gasteiger partial charge in [-0.25, -0.2) is 0 Å². The lowest BCUT2D eigenvalue weighted by atomic mass is 10.1. The molecule has 0 spiro atoms. The molecule has 0 saturated heterocycles. The van der Waals surface area contributed by atoms with Crippen LogP contribution in [0.25, 0.3) is 0 Å². The molecule has 1 fully saturated rings. The highest BCUT2D eigenvalue weighted by atomic mass is 16.5. The first kappa shape index (κ1) is 18.4. The van der Waals surface area contributed by atoms with Gasteiger partial charge in [0.1, 0.15) is 0 Å². The van der Waals surface area contributed by atoms with Gasteiger partial charge >= 0.3 is 0 Å². The average Bonchev–Trinajstić information content (AvgIpc) is 3.44. The number of nitrogens with two attached hydrogens (primary N) is 1. The maximum atomic E-state index is 5.98. The van der Waals surface area contributed by atoms with Gasteiger partial charge in [0, 0.05) is 31.0 Å². The van der Waals surface area contributed by atoms with Crippen LogP contribution in [0.2, 0.25) is 0 Å². The first-order chi connectivity index (χ1) is 11.8. The van der Waals surface area contributed by atoms with E-state index in [0.29, 0.717) is 25.0 Å². The maximum Gasteiger partial charge on any atom is 0.213 e. The number of hydrogen-bond acceptors (Lipinski definition) is 4. The second-order valence-corrected chi connectivity index (χ2v) is 6.05. The van der Waals surface area contributed by atoms with Gasteiger partial charge in [0.05, 0.1) is 6.61 Å². The van der Waals surface area contributed by atoms with Gasteiger partial charge in [0.2, 0.25) is 5.90 Å². The van der Waals surface area contributed by atoms with Crippen molar-refractivity contribution < 1.29 is 4.74 Å². The smallest absolute Gasteiger partial charge is 0.213 e. The predicted octanol–water partition coefficient (Wildman–Crippen LogP) is 3.77. The molecular formula is C20H29N3O. The molecule has 1 aliphatic rings. The number of hydrogen-bond donors (Lipinski definition) is 1. The standard InChI is InChI=1S/C20H29N3O/c1-3-19(23-15-17-9-10-17)18(11-13-21)20(22-2)24-14-12-16-7-5-4-6-8-16/h4-8,15,17H,3,9-14,21H2,1-2H3/b19-18-,22-20?,23-15?. The first-order valence-corrected chi connectivity index (χ1v) is 8.88. The van der Waals surface area contributed by atoms with Crippen LogP contribution in [0.5, 0.6) is 0 Å². The van der Waals surface area contributed by atoms with Crippen LogP contribution < -0.4 is 5.73 Å². The van der Waals surface area contributed by atoms with Crippen LogP contribution in [0.15, 0.2) is 51.6 Å². The van der Waals surface area contributed by atoms with Crippen molar-refractivity contribution in [2.24, 2.45) is 21.6 Å². The molecule has 4 nitrogen and oxygen atoms in total. The molecule has 24 heavy (non-hydrogen) atoms. The first-order valence-electron chi connectivity index (χ1n) is 8.88. The molecule has 1 aliphatic carbocycles. The zero-order valence-electron chi connectivity index (χ0n) is 14.9. The number of allylic oxidation sites excluding steroid dienone is 1. The van der Waals surface area contributed by atoms with E-state index in [2.05, 4.69) is 30.3 Å². The van der Waals surface area contributed by atoms with E-state index >= 15 is 0 Å². The number of rotatable bonds is 9. The zero-order chi connectivity index (χ0) is 17.2. The van der Waals surface area contributed by atoms with E-state index in [1.807, 2.05) is 18.2 Å². The number of nitrogens with zero attached hydrogens (tertiary/aromatic N) is 2. The lowest BCUT2D eigenvalue weighted by Crippen LogP contribution is -2.16. The lowest BCUT2D eigenvalue weighted by molar-refractivity contribution is 0.307. The Bertz CT molecular complexity index is 586. The van der Waals surface area contributed by atoms with Gasteiger partial charge in [-0.1, -0.05) is 37.3 Å². The van der Waals surface area contributed by atoms with Crippen LogP contribution in [0.1, 0.15) is 38.2 Å². The second kappa shape index (κ2) is 10.0. The molecule has 2 rings (SSSR count). The Morgan fingerprint density at radius 1 is 1.29 bits per heavy atom. The molecule has 130 valence electrons. The fourth-order valence-electron chi connectivity index (χ4n) is 2.54. The minimum atomic E-state index is 0.568. The Morgan fingerprint density at radius 2 is 2.04 bits per heavy atom. The highest BCUT2D eigenvalue weighted by molar-refractivity contribution is 5.94. The van der Waals surface area contributed by atoms with E-state index in [4.69, 9.17) is 15.5 Å². The fraction of sp³-hybridized carbons (Fsp3) is 0.500. The Balaban J connectivity index is 2.04.